The normalized spacial score (nSPS) is 16.1. The number of amides is 1. The molecule has 2 N–H and O–H groups in total. The molecular weight excluding hydrogens is 486 g/mol. The van der Waals surface area contributed by atoms with Crippen LogP contribution in [-0.4, -0.2) is 58.4 Å². The lowest BCUT2D eigenvalue weighted by atomic mass is 10.1. The Balaban J connectivity index is 1.73. The monoisotopic (exact) mass is 515 g/mol. The first kappa shape index (κ1) is 25.6. The minimum atomic E-state index is -0.657. The maximum Gasteiger partial charge on any atom is 0.407 e. The lowest BCUT2D eigenvalue weighted by Gasteiger charge is -2.34. The van der Waals surface area contributed by atoms with E-state index in [9.17, 15) is 14.4 Å². The number of pyridine rings is 1. The van der Waals surface area contributed by atoms with E-state index < -0.39 is 23.2 Å². The highest BCUT2D eigenvalue weighted by atomic mass is 35.5. The summed E-state index contributed by atoms with van der Waals surface area (Å²) in [4.78, 5) is 46.9. The third kappa shape index (κ3) is 5.64. The lowest BCUT2D eigenvalue weighted by Crippen LogP contribution is -2.49. The molecular formula is C25H30ClN5O5. The first-order valence-corrected chi connectivity index (χ1v) is 12.1. The molecule has 1 aromatic carbocycles. The summed E-state index contributed by atoms with van der Waals surface area (Å²) in [7, 11) is 1.25. The fourth-order valence-corrected chi connectivity index (χ4v) is 4.51. The number of aromatic nitrogens is 3. The van der Waals surface area contributed by atoms with E-state index in [-0.39, 0.29) is 11.7 Å². The molecule has 0 saturated carbocycles. The van der Waals surface area contributed by atoms with E-state index in [1.165, 1.54) is 13.2 Å². The molecule has 1 atom stereocenters. The van der Waals surface area contributed by atoms with E-state index in [2.05, 4.69) is 10.3 Å². The van der Waals surface area contributed by atoms with Crippen molar-refractivity contribution in [1.29, 1.82) is 0 Å². The van der Waals surface area contributed by atoms with Crippen LogP contribution in [0.5, 0.6) is 0 Å². The number of benzene rings is 1. The number of carbonyl (C=O) groups is 2. The molecule has 0 aliphatic carbocycles. The van der Waals surface area contributed by atoms with Gasteiger partial charge in [-0.3, -0.25) is 4.79 Å². The van der Waals surface area contributed by atoms with E-state index in [0.29, 0.717) is 41.6 Å². The number of alkyl carbamates (subject to hydrolysis) is 1. The number of imidazole rings is 1. The van der Waals surface area contributed by atoms with Gasteiger partial charge in [-0.2, -0.15) is 0 Å². The largest absolute Gasteiger partial charge is 0.464 e. The molecule has 1 aliphatic heterocycles. The van der Waals surface area contributed by atoms with Crippen molar-refractivity contribution in [3.05, 3.63) is 57.0 Å². The van der Waals surface area contributed by atoms with Gasteiger partial charge in [0, 0.05) is 24.2 Å². The number of esters is 1. The van der Waals surface area contributed by atoms with Crippen LogP contribution in [0, 0.1) is 0 Å². The first-order chi connectivity index (χ1) is 17.1. The Morgan fingerprint density at radius 1 is 1.28 bits per heavy atom. The summed E-state index contributed by atoms with van der Waals surface area (Å²) in [5.74, 6) is -0.107. The number of hydrogen-bond acceptors (Lipinski definition) is 7. The van der Waals surface area contributed by atoms with Crippen molar-refractivity contribution in [2.75, 3.05) is 25.1 Å². The van der Waals surface area contributed by atoms with E-state index in [1.54, 1.807) is 10.6 Å². The molecule has 2 aromatic heterocycles. The highest BCUT2D eigenvalue weighted by Gasteiger charge is 2.28. The average molecular weight is 516 g/mol. The number of H-pyrrole nitrogens is 1. The summed E-state index contributed by atoms with van der Waals surface area (Å²) < 4.78 is 12.0. The van der Waals surface area contributed by atoms with Crippen LogP contribution in [0.15, 0.2) is 35.1 Å². The fraction of sp³-hybridized carbons (Fsp3) is 0.440. The number of carbonyl (C=O) groups excluding carboxylic acids is 2. The van der Waals surface area contributed by atoms with Crippen molar-refractivity contribution < 1.29 is 19.1 Å². The van der Waals surface area contributed by atoms with Crippen LogP contribution in [0.3, 0.4) is 0 Å². The molecule has 11 heteroatoms. The minimum absolute atomic E-state index is 0.0204. The SMILES string of the molecule is COC(=O)c1cc2nc(N3CCC[C@@H](NC(=O)OC(C)(C)C)C3)n(Cc3ccccc3Cl)c2c(=O)[nH]1. The maximum absolute atomic E-state index is 13.1. The number of anilines is 1. The van der Waals surface area contributed by atoms with Crippen molar-refractivity contribution >= 4 is 40.6 Å². The topological polar surface area (TPSA) is 119 Å². The van der Waals surface area contributed by atoms with Gasteiger partial charge >= 0.3 is 12.1 Å². The van der Waals surface area contributed by atoms with Gasteiger partial charge in [0.05, 0.1) is 19.2 Å². The zero-order valence-corrected chi connectivity index (χ0v) is 21.5. The van der Waals surface area contributed by atoms with E-state index in [1.807, 2.05) is 43.9 Å². The second-order valence-electron chi connectivity index (χ2n) is 9.76. The first-order valence-electron chi connectivity index (χ1n) is 11.8. The van der Waals surface area contributed by atoms with Gasteiger partial charge in [0.25, 0.3) is 5.56 Å². The number of nitrogens with zero attached hydrogens (tertiary/aromatic N) is 3. The summed E-state index contributed by atoms with van der Waals surface area (Å²) in [6, 6.07) is 8.74. The Labute approximate surface area is 213 Å². The Hall–Kier alpha value is -3.53. The minimum Gasteiger partial charge on any atom is -0.464 e. The average Bonchev–Trinajstić information content (AvgIpc) is 3.17. The van der Waals surface area contributed by atoms with Crippen LogP contribution in [0.2, 0.25) is 5.02 Å². The van der Waals surface area contributed by atoms with E-state index in [0.717, 1.165) is 18.4 Å². The quantitative estimate of drug-likeness (QED) is 0.497. The smallest absolute Gasteiger partial charge is 0.407 e. The molecule has 0 radical (unpaired) electrons. The van der Waals surface area contributed by atoms with Crippen LogP contribution in [0.4, 0.5) is 10.7 Å². The Kier molecular flexibility index (Phi) is 7.26. The van der Waals surface area contributed by atoms with Crippen molar-refractivity contribution in [1.82, 2.24) is 19.9 Å². The van der Waals surface area contributed by atoms with Crippen LogP contribution in [-0.2, 0) is 16.0 Å². The summed E-state index contributed by atoms with van der Waals surface area (Å²) in [6.07, 6.45) is 1.12. The van der Waals surface area contributed by atoms with Gasteiger partial charge in [0.2, 0.25) is 5.95 Å². The van der Waals surface area contributed by atoms with Crippen LogP contribution in [0.1, 0.15) is 49.7 Å². The van der Waals surface area contributed by atoms with Gasteiger partial charge in [-0.15, -0.1) is 0 Å². The molecule has 0 bridgehead atoms. The molecule has 1 saturated heterocycles. The fourth-order valence-electron chi connectivity index (χ4n) is 4.31. The van der Waals surface area contributed by atoms with Crippen molar-refractivity contribution in [2.24, 2.45) is 0 Å². The Morgan fingerprint density at radius 3 is 2.72 bits per heavy atom. The number of methoxy groups -OCH3 is 1. The van der Waals surface area contributed by atoms with Crippen LogP contribution >= 0.6 is 11.6 Å². The molecule has 192 valence electrons. The standard InChI is InChI=1S/C25H30ClN5O5/c1-25(2,3)36-24(34)27-16-9-7-11-30(14-16)23-29-18-12-19(22(33)35-4)28-21(32)20(18)31(23)13-15-8-5-6-10-17(15)26/h5-6,8,10,12,16H,7,9,11,13-14H2,1-4H3,(H,27,34)(H,28,32)/t16-/m1/s1. The summed E-state index contributed by atoms with van der Waals surface area (Å²) in [6.45, 7) is 6.91. The van der Waals surface area contributed by atoms with Gasteiger partial charge in [0.15, 0.2) is 0 Å². The predicted octanol–water partition coefficient (Wildman–Crippen LogP) is 3.71. The zero-order chi connectivity index (χ0) is 26.0. The number of rotatable bonds is 5. The van der Waals surface area contributed by atoms with Gasteiger partial charge in [-0.05, 0) is 51.3 Å². The van der Waals surface area contributed by atoms with Gasteiger partial charge in [-0.1, -0.05) is 29.8 Å². The number of hydrogen-bond donors (Lipinski definition) is 2. The van der Waals surface area contributed by atoms with Gasteiger partial charge in [-0.25, -0.2) is 14.6 Å². The van der Waals surface area contributed by atoms with E-state index >= 15 is 0 Å². The second kappa shape index (κ2) is 10.2. The summed E-state index contributed by atoms with van der Waals surface area (Å²) in [5, 5.41) is 3.51. The number of fused-ring (bicyclic) bond motifs is 1. The highest BCUT2D eigenvalue weighted by Crippen LogP contribution is 2.27. The van der Waals surface area contributed by atoms with Crippen LogP contribution in [0.25, 0.3) is 11.0 Å². The molecule has 0 unspecified atom stereocenters. The zero-order valence-electron chi connectivity index (χ0n) is 20.8. The molecule has 4 rings (SSSR count). The molecule has 1 fully saturated rings. The Morgan fingerprint density at radius 2 is 2.03 bits per heavy atom. The van der Waals surface area contributed by atoms with Gasteiger partial charge < -0.3 is 29.2 Å². The number of ether oxygens (including phenoxy) is 2. The molecule has 3 heterocycles. The summed E-state index contributed by atoms with van der Waals surface area (Å²) in [5.41, 5.74) is 0.464. The second-order valence-corrected chi connectivity index (χ2v) is 10.2. The molecule has 1 aliphatic rings. The van der Waals surface area contributed by atoms with Gasteiger partial charge in [0.1, 0.15) is 16.8 Å². The molecule has 0 spiro atoms. The van der Waals surface area contributed by atoms with Crippen molar-refractivity contribution in [2.45, 2.75) is 51.8 Å². The number of halogens is 1. The van der Waals surface area contributed by atoms with Crippen molar-refractivity contribution in [3.8, 4) is 0 Å². The number of aromatic amines is 1. The highest BCUT2D eigenvalue weighted by molar-refractivity contribution is 6.31. The summed E-state index contributed by atoms with van der Waals surface area (Å²) >= 11 is 6.43. The van der Waals surface area contributed by atoms with E-state index in [4.69, 9.17) is 26.1 Å². The number of nitrogens with one attached hydrogen (secondary N) is 2. The molecule has 3 aromatic rings. The predicted molar refractivity (Wildman–Crippen MR) is 137 cm³/mol. The molecule has 10 nitrogen and oxygen atoms in total. The third-order valence-electron chi connectivity index (χ3n) is 5.84. The Bertz CT molecular complexity index is 1340. The molecule has 36 heavy (non-hydrogen) atoms. The third-order valence-corrected chi connectivity index (χ3v) is 6.20. The molecule has 1 amide bonds. The maximum atomic E-state index is 13.1. The van der Waals surface area contributed by atoms with Crippen LogP contribution < -0.4 is 15.8 Å². The van der Waals surface area contributed by atoms with Crippen molar-refractivity contribution in [3.63, 3.8) is 0 Å². The lowest BCUT2D eigenvalue weighted by molar-refractivity contribution is 0.0498. The number of piperidine rings is 1.